The SMILES string of the molecule is CCCCCCCCCCCCCCCCCCCCC/C=C/[P]. The molecule has 0 atom stereocenters. The van der Waals surface area contributed by atoms with E-state index in [4.69, 9.17) is 0 Å². The van der Waals surface area contributed by atoms with Crippen molar-refractivity contribution < 1.29 is 0 Å². The highest BCUT2D eigenvalue weighted by Gasteiger charge is 1.95. The van der Waals surface area contributed by atoms with E-state index in [2.05, 4.69) is 22.2 Å². The lowest BCUT2D eigenvalue weighted by molar-refractivity contribution is 0.523. The first-order valence-corrected chi connectivity index (χ1v) is 11.7. The summed E-state index contributed by atoms with van der Waals surface area (Å²) in [5.74, 6) is 1.87. The van der Waals surface area contributed by atoms with Crippen LogP contribution in [0.1, 0.15) is 135 Å². The van der Waals surface area contributed by atoms with Crippen molar-refractivity contribution in [3.8, 4) is 0 Å². The maximum absolute atomic E-state index is 4.08. The maximum Gasteiger partial charge on any atom is -0.0146 e. The molecule has 24 heavy (non-hydrogen) atoms. The van der Waals surface area contributed by atoms with Crippen LogP contribution in [0.4, 0.5) is 0 Å². The highest BCUT2D eigenvalue weighted by Crippen LogP contribution is 2.14. The Labute approximate surface area is 156 Å². The molecule has 0 fully saturated rings. The molecule has 142 valence electrons. The van der Waals surface area contributed by atoms with Gasteiger partial charge in [0.25, 0.3) is 0 Å². The second kappa shape index (κ2) is 23.2. The van der Waals surface area contributed by atoms with Gasteiger partial charge in [0.05, 0.1) is 0 Å². The first-order valence-electron chi connectivity index (χ1n) is 11.2. The van der Waals surface area contributed by atoms with E-state index in [1.807, 2.05) is 5.82 Å². The van der Waals surface area contributed by atoms with E-state index in [-0.39, 0.29) is 0 Å². The van der Waals surface area contributed by atoms with Crippen molar-refractivity contribution in [2.24, 2.45) is 0 Å². The summed E-state index contributed by atoms with van der Waals surface area (Å²) in [5.41, 5.74) is 0. The highest BCUT2D eigenvalue weighted by molar-refractivity contribution is 7.20. The summed E-state index contributed by atoms with van der Waals surface area (Å²) in [7, 11) is 4.08. The highest BCUT2D eigenvalue weighted by atomic mass is 31.0. The fourth-order valence-corrected chi connectivity index (χ4v) is 3.56. The Balaban J connectivity index is 2.95. The minimum Gasteiger partial charge on any atom is -0.0834 e. The van der Waals surface area contributed by atoms with Gasteiger partial charge < -0.3 is 0 Å². The molecular weight excluding hydrogens is 307 g/mol. The molecule has 0 amide bonds. The number of unbranched alkanes of at least 4 members (excludes halogenated alkanes) is 19. The molecule has 0 saturated carbocycles. The molecule has 0 rings (SSSR count). The zero-order valence-electron chi connectivity index (χ0n) is 16.7. The monoisotopic (exact) mass is 352 g/mol. The molecule has 0 aliphatic rings. The lowest BCUT2D eigenvalue weighted by Crippen LogP contribution is -1.84. The van der Waals surface area contributed by atoms with Crippen LogP contribution >= 0.6 is 9.24 Å². The van der Waals surface area contributed by atoms with Gasteiger partial charge in [0.1, 0.15) is 0 Å². The van der Waals surface area contributed by atoms with Gasteiger partial charge in [-0.3, -0.25) is 0 Å². The Morgan fingerprint density at radius 1 is 0.458 bits per heavy atom. The van der Waals surface area contributed by atoms with Gasteiger partial charge in [0, 0.05) is 0 Å². The van der Waals surface area contributed by atoms with Gasteiger partial charge in [-0.1, -0.05) is 134 Å². The molecule has 1 heteroatoms. The zero-order valence-corrected chi connectivity index (χ0v) is 17.6. The summed E-state index contributed by atoms with van der Waals surface area (Å²) in [6.45, 7) is 2.30. The van der Waals surface area contributed by atoms with E-state index in [9.17, 15) is 0 Å². The van der Waals surface area contributed by atoms with E-state index >= 15 is 0 Å². The van der Waals surface area contributed by atoms with Crippen molar-refractivity contribution in [2.45, 2.75) is 135 Å². The first kappa shape index (κ1) is 24.2. The molecule has 0 bridgehead atoms. The fraction of sp³-hybridized carbons (Fsp3) is 0.913. The summed E-state index contributed by atoms with van der Waals surface area (Å²) >= 11 is 0. The van der Waals surface area contributed by atoms with E-state index in [0.717, 1.165) is 0 Å². The first-order chi connectivity index (χ1) is 11.9. The van der Waals surface area contributed by atoms with Crippen molar-refractivity contribution in [3.05, 3.63) is 11.9 Å². The van der Waals surface area contributed by atoms with Crippen LogP contribution in [0.25, 0.3) is 0 Å². The van der Waals surface area contributed by atoms with E-state index < -0.39 is 0 Å². The van der Waals surface area contributed by atoms with Crippen molar-refractivity contribution in [3.63, 3.8) is 0 Å². The average molecular weight is 353 g/mol. The van der Waals surface area contributed by atoms with Gasteiger partial charge in [-0.2, -0.15) is 0 Å². The number of hydrogen-bond acceptors (Lipinski definition) is 0. The summed E-state index contributed by atoms with van der Waals surface area (Å²) < 4.78 is 0. The lowest BCUT2D eigenvalue weighted by atomic mass is 10.0. The van der Waals surface area contributed by atoms with E-state index in [1.165, 1.54) is 128 Å². The van der Waals surface area contributed by atoms with Crippen molar-refractivity contribution in [1.29, 1.82) is 0 Å². The standard InChI is InChI=1S/C23H45P/c1-2-3-4-5-6-7-8-9-10-11-12-13-14-15-16-17-18-19-20-21-22-23-24/h22-23H,2-21H2,1H3/b23-22+. The smallest absolute Gasteiger partial charge is 0.0146 e. The van der Waals surface area contributed by atoms with Gasteiger partial charge in [0.15, 0.2) is 0 Å². The van der Waals surface area contributed by atoms with Crippen LogP contribution in [0.5, 0.6) is 0 Å². The largest absolute Gasteiger partial charge is 0.0834 e. The third-order valence-electron chi connectivity index (χ3n) is 5.08. The van der Waals surface area contributed by atoms with Gasteiger partial charge in [-0.05, 0) is 22.1 Å². The second-order valence-corrected chi connectivity index (χ2v) is 7.84. The van der Waals surface area contributed by atoms with E-state index in [0.29, 0.717) is 0 Å². The second-order valence-electron chi connectivity index (χ2n) is 7.54. The molecule has 0 aliphatic carbocycles. The Morgan fingerprint density at radius 3 is 1.04 bits per heavy atom. The number of hydrogen-bond donors (Lipinski definition) is 0. The third kappa shape index (κ3) is 22.2. The predicted octanol–water partition coefficient (Wildman–Crippen LogP) is 9.73. The zero-order chi connectivity index (χ0) is 17.6. The summed E-state index contributed by atoms with van der Waals surface area (Å²) in [6.07, 6.45) is 31.0. The van der Waals surface area contributed by atoms with Crippen LogP contribution in [0.2, 0.25) is 0 Å². The molecule has 0 N–H and O–H groups in total. The summed E-state index contributed by atoms with van der Waals surface area (Å²) in [5, 5.41) is 0. The van der Waals surface area contributed by atoms with Crippen molar-refractivity contribution >= 4 is 9.24 Å². The van der Waals surface area contributed by atoms with Crippen LogP contribution in [0.15, 0.2) is 11.9 Å². The normalized spacial score (nSPS) is 11.6. The molecule has 0 saturated heterocycles. The minimum absolute atomic E-state index is 1.21. The number of allylic oxidation sites excluding steroid dienone is 1. The Hall–Kier alpha value is 0.170. The van der Waals surface area contributed by atoms with E-state index in [1.54, 1.807) is 0 Å². The average Bonchev–Trinajstić information content (AvgIpc) is 2.60. The third-order valence-corrected chi connectivity index (χ3v) is 5.29. The molecule has 0 aromatic rings. The van der Waals surface area contributed by atoms with Gasteiger partial charge in [-0.15, -0.1) is 0 Å². The Morgan fingerprint density at radius 2 is 0.750 bits per heavy atom. The molecule has 0 heterocycles. The molecule has 0 aromatic carbocycles. The summed E-state index contributed by atoms with van der Waals surface area (Å²) in [4.78, 5) is 0. The molecule has 2 radical (unpaired) electrons. The minimum atomic E-state index is 1.21. The molecule has 0 nitrogen and oxygen atoms in total. The number of rotatable bonds is 20. The predicted molar refractivity (Wildman–Crippen MR) is 114 cm³/mol. The molecular formula is C23H45P. The van der Waals surface area contributed by atoms with Gasteiger partial charge >= 0.3 is 0 Å². The molecule has 0 aliphatic heterocycles. The molecule has 0 spiro atoms. The van der Waals surface area contributed by atoms with Crippen LogP contribution in [0, 0.1) is 0 Å². The lowest BCUT2D eigenvalue weighted by Gasteiger charge is -2.03. The fourth-order valence-electron chi connectivity index (χ4n) is 3.42. The van der Waals surface area contributed by atoms with Crippen molar-refractivity contribution in [2.75, 3.05) is 0 Å². The molecule has 0 aromatic heterocycles. The quantitative estimate of drug-likeness (QED) is 0.151. The van der Waals surface area contributed by atoms with Crippen LogP contribution in [-0.2, 0) is 0 Å². The van der Waals surface area contributed by atoms with Gasteiger partial charge in [0.2, 0.25) is 0 Å². The topological polar surface area (TPSA) is 0 Å². The van der Waals surface area contributed by atoms with Crippen LogP contribution < -0.4 is 0 Å². The maximum atomic E-state index is 4.08. The Bertz CT molecular complexity index is 234. The summed E-state index contributed by atoms with van der Waals surface area (Å²) in [6, 6.07) is 0. The Kier molecular flexibility index (Phi) is 23.3. The van der Waals surface area contributed by atoms with Crippen LogP contribution in [0.3, 0.4) is 0 Å². The van der Waals surface area contributed by atoms with Crippen LogP contribution in [-0.4, -0.2) is 0 Å². The molecule has 0 unspecified atom stereocenters. The van der Waals surface area contributed by atoms with Crippen molar-refractivity contribution in [1.82, 2.24) is 0 Å². The van der Waals surface area contributed by atoms with Gasteiger partial charge in [-0.25, -0.2) is 0 Å².